The molecule has 5 heteroatoms. The first kappa shape index (κ1) is 11.9. The molecular weight excluding hydrogens is 308 g/mol. The summed E-state index contributed by atoms with van der Waals surface area (Å²) < 4.78 is 6.33. The smallest absolute Gasteiger partial charge is 0.292 e. The van der Waals surface area contributed by atoms with E-state index in [0.29, 0.717) is 11.4 Å². The van der Waals surface area contributed by atoms with Crippen LogP contribution < -0.4 is 5.32 Å². The van der Waals surface area contributed by atoms with Crippen LogP contribution in [0.2, 0.25) is 0 Å². The summed E-state index contributed by atoms with van der Waals surface area (Å²) in [6.07, 6.45) is 1.61. The van der Waals surface area contributed by atoms with Crippen molar-refractivity contribution in [3.8, 4) is 0 Å². The molecule has 19 heavy (non-hydrogen) atoms. The maximum atomic E-state index is 12.0. The molecule has 0 radical (unpaired) electrons. The fourth-order valence-electron chi connectivity index (χ4n) is 1.74. The van der Waals surface area contributed by atoms with Gasteiger partial charge in [0.05, 0.1) is 0 Å². The maximum absolute atomic E-state index is 12.0. The van der Waals surface area contributed by atoms with Gasteiger partial charge in [-0.25, -0.2) is 4.98 Å². The van der Waals surface area contributed by atoms with Gasteiger partial charge in [-0.1, -0.05) is 34.1 Å². The van der Waals surface area contributed by atoms with Gasteiger partial charge in [0.2, 0.25) is 0 Å². The van der Waals surface area contributed by atoms with E-state index < -0.39 is 0 Å². The van der Waals surface area contributed by atoms with Crippen LogP contribution in [0.3, 0.4) is 0 Å². The Bertz CT molecular complexity index is 719. The number of carbonyl (C=O) groups is 1. The van der Waals surface area contributed by atoms with Crippen LogP contribution in [0.15, 0.2) is 57.6 Å². The SMILES string of the molecule is O=C(Nc1cc(Br)ccn1)c1cc2ccccc2o1. The third kappa shape index (κ3) is 2.51. The monoisotopic (exact) mass is 316 g/mol. The van der Waals surface area contributed by atoms with Gasteiger partial charge in [-0.3, -0.25) is 4.79 Å². The van der Waals surface area contributed by atoms with Crippen LogP contribution in [-0.4, -0.2) is 10.9 Å². The van der Waals surface area contributed by atoms with Gasteiger partial charge < -0.3 is 9.73 Å². The van der Waals surface area contributed by atoms with Crippen LogP contribution in [0.25, 0.3) is 11.0 Å². The van der Waals surface area contributed by atoms with Crippen molar-refractivity contribution in [2.75, 3.05) is 5.32 Å². The van der Waals surface area contributed by atoms with Crippen molar-refractivity contribution < 1.29 is 9.21 Å². The van der Waals surface area contributed by atoms with Crippen molar-refractivity contribution in [1.82, 2.24) is 4.98 Å². The molecule has 1 aromatic carbocycles. The van der Waals surface area contributed by atoms with Crippen LogP contribution in [0.4, 0.5) is 5.82 Å². The molecule has 3 rings (SSSR count). The minimum atomic E-state index is -0.318. The number of anilines is 1. The number of hydrogen-bond acceptors (Lipinski definition) is 3. The molecule has 4 nitrogen and oxygen atoms in total. The van der Waals surface area contributed by atoms with E-state index in [9.17, 15) is 4.79 Å². The molecule has 1 N–H and O–H groups in total. The Morgan fingerprint density at radius 1 is 1.21 bits per heavy atom. The van der Waals surface area contributed by atoms with Crippen molar-refractivity contribution >= 4 is 38.6 Å². The highest BCUT2D eigenvalue weighted by Crippen LogP contribution is 2.20. The second kappa shape index (κ2) is 4.85. The summed E-state index contributed by atoms with van der Waals surface area (Å²) >= 11 is 3.32. The summed E-state index contributed by atoms with van der Waals surface area (Å²) in [7, 11) is 0. The molecule has 0 saturated heterocycles. The van der Waals surface area contributed by atoms with Gasteiger partial charge in [-0.05, 0) is 24.3 Å². The summed E-state index contributed by atoms with van der Waals surface area (Å²) in [5.74, 6) is 0.421. The van der Waals surface area contributed by atoms with Crippen molar-refractivity contribution in [2.45, 2.75) is 0 Å². The quantitative estimate of drug-likeness (QED) is 0.781. The first-order chi connectivity index (χ1) is 9.22. The first-order valence-electron chi connectivity index (χ1n) is 5.64. The fourth-order valence-corrected chi connectivity index (χ4v) is 2.08. The van der Waals surface area contributed by atoms with E-state index in [-0.39, 0.29) is 11.7 Å². The minimum Gasteiger partial charge on any atom is -0.451 e. The zero-order chi connectivity index (χ0) is 13.2. The summed E-state index contributed by atoms with van der Waals surface area (Å²) in [5, 5.41) is 3.58. The van der Waals surface area contributed by atoms with Gasteiger partial charge in [0.25, 0.3) is 5.91 Å². The van der Waals surface area contributed by atoms with Crippen molar-refractivity contribution in [3.05, 3.63) is 58.9 Å². The topological polar surface area (TPSA) is 55.1 Å². The molecule has 94 valence electrons. The van der Waals surface area contributed by atoms with E-state index in [1.54, 1.807) is 24.4 Å². The Morgan fingerprint density at radius 2 is 2.05 bits per heavy atom. The Balaban J connectivity index is 1.87. The lowest BCUT2D eigenvalue weighted by molar-refractivity contribution is 0.0998. The average Bonchev–Trinajstić information content (AvgIpc) is 2.82. The number of nitrogens with zero attached hydrogens (tertiary/aromatic N) is 1. The molecule has 0 bridgehead atoms. The highest BCUT2D eigenvalue weighted by atomic mass is 79.9. The molecule has 0 unspecified atom stereocenters. The number of nitrogens with one attached hydrogen (secondary N) is 1. The normalized spacial score (nSPS) is 10.6. The van der Waals surface area contributed by atoms with Crippen molar-refractivity contribution in [3.63, 3.8) is 0 Å². The molecule has 2 heterocycles. The molecule has 1 amide bonds. The number of amides is 1. The maximum Gasteiger partial charge on any atom is 0.292 e. The van der Waals surface area contributed by atoms with Gasteiger partial charge in [-0.2, -0.15) is 0 Å². The molecule has 3 aromatic rings. The number of rotatable bonds is 2. The summed E-state index contributed by atoms with van der Waals surface area (Å²) in [6.45, 7) is 0. The van der Waals surface area contributed by atoms with E-state index in [1.807, 2.05) is 24.3 Å². The Kier molecular flexibility index (Phi) is 3.05. The molecule has 0 aliphatic heterocycles. The van der Waals surface area contributed by atoms with Crippen molar-refractivity contribution in [2.24, 2.45) is 0 Å². The highest BCUT2D eigenvalue weighted by Gasteiger charge is 2.12. The van der Waals surface area contributed by atoms with Crippen LogP contribution in [0.1, 0.15) is 10.6 Å². The van der Waals surface area contributed by atoms with E-state index in [2.05, 4.69) is 26.2 Å². The Labute approximate surface area is 117 Å². The van der Waals surface area contributed by atoms with Crippen LogP contribution in [0, 0.1) is 0 Å². The molecule has 0 spiro atoms. The van der Waals surface area contributed by atoms with E-state index in [1.165, 1.54) is 0 Å². The lowest BCUT2D eigenvalue weighted by atomic mass is 10.2. The lowest BCUT2D eigenvalue weighted by Gasteiger charge is -2.01. The van der Waals surface area contributed by atoms with Gasteiger partial charge in [-0.15, -0.1) is 0 Å². The van der Waals surface area contributed by atoms with Gasteiger partial charge in [0, 0.05) is 16.1 Å². The average molecular weight is 317 g/mol. The highest BCUT2D eigenvalue weighted by molar-refractivity contribution is 9.10. The van der Waals surface area contributed by atoms with Crippen molar-refractivity contribution in [1.29, 1.82) is 0 Å². The number of para-hydroxylation sites is 1. The van der Waals surface area contributed by atoms with E-state index >= 15 is 0 Å². The molecule has 0 aliphatic carbocycles. The lowest BCUT2D eigenvalue weighted by Crippen LogP contribution is -2.11. The number of fused-ring (bicyclic) bond motifs is 1. The molecule has 0 fully saturated rings. The summed E-state index contributed by atoms with van der Waals surface area (Å²) in [6, 6.07) is 12.7. The molecule has 0 aliphatic rings. The number of aromatic nitrogens is 1. The fraction of sp³-hybridized carbons (Fsp3) is 0. The van der Waals surface area contributed by atoms with Crippen LogP contribution in [-0.2, 0) is 0 Å². The number of pyridine rings is 1. The first-order valence-corrected chi connectivity index (χ1v) is 6.43. The largest absolute Gasteiger partial charge is 0.451 e. The third-order valence-electron chi connectivity index (χ3n) is 2.61. The van der Waals surface area contributed by atoms with Gasteiger partial charge in [0.1, 0.15) is 11.4 Å². The second-order valence-electron chi connectivity index (χ2n) is 3.96. The Morgan fingerprint density at radius 3 is 2.84 bits per heavy atom. The van der Waals surface area contributed by atoms with E-state index in [4.69, 9.17) is 4.42 Å². The number of halogens is 1. The zero-order valence-electron chi connectivity index (χ0n) is 9.76. The molecule has 0 saturated carbocycles. The number of hydrogen-bond donors (Lipinski definition) is 1. The molecular formula is C14H9BrN2O2. The Hall–Kier alpha value is -2.14. The number of carbonyl (C=O) groups excluding carboxylic acids is 1. The van der Waals surface area contributed by atoms with Gasteiger partial charge in [0.15, 0.2) is 5.76 Å². The summed E-state index contributed by atoms with van der Waals surface area (Å²) in [4.78, 5) is 16.1. The molecule has 2 aromatic heterocycles. The number of benzene rings is 1. The van der Waals surface area contributed by atoms with Gasteiger partial charge >= 0.3 is 0 Å². The minimum absolute atomic E-state index is 0.267. The zero-order valence-corrected chi connectivity index (χ0v) is 11.3. The number of furan rings is 1. The molecule has 0 atom stereocenters. The third-order valence-corrected chi connectivity index (χ3v) is 3.11. The predicted molar refractivity (Wildman–Crippen MR) is 76.1 cm³/mol. The second-order valence-corrected chi connectivity index (χ2v) is 4.88. The predicted octanol–water partition coefficient (Wildman–Crippen LogP) is 3.84. The standard InChI is InChI=1S/C14H9BrN2O2/c15-10-5-6-16-13(8-10)17-14(18)12-7-9-3-1-2-4-11(9)19-12/h1-8H,(H,16,17,18). The summed E-state index contributed by atoms with van der Waals surface area (Å²) in [5.41, 5.74) is 0.690. The van der Waals surface area contributed by atoms with Crippen LogP contribution in [0.5, 0.6) is 0 Å². The van der Waals surface area contributed by atoms with E-state index in [0.717, 1.165) is 9.86 Å². The van der Waals surface area contributed by atoms with Crippen LogP contribution >= 0.6 is 15.9 Å².